The SMILES string of the molecule is O=C(Nc1c(F)cccc1F)C1CC(=O)N(CC2CCCO2)C1. The Labute approximate surface area is 132 Å². The van der Waals surface area contributed by atoms with E-state index in [9.17, 15) is 18.4 Å². The summed E-state index contributed by atoms with van der Waals surface area (Å²) in [6, 6.07) is 3.37. The number of hydrogen-bond donors (Lipinski definition) is 1. The zero-order valence-electron chi connectivity index (χ0n) is 12.6. The van der Waals surface area contributed by atoms with E-state index in [-0.39, 0.29) is 25.0 Å². The Bertz CT molecular complexity index is 597. The van der Waals surface area contributed by atoms with Crippen molar-refractivity contribution < 1.29 is 23.1 Å². The Hall–Kier alpha value is -2.02. The van der Waals surface area contributed by atoms with Crippen LogP contribution in [0.4, 0.5) is 14.5 Å². The Balaban J connectivity index is 1.61. The standard InChI is InChI=1S/C16H18F2N2O3/c17-12-4-1-5-13(18)15(12)19-16(22)10-7-14(21)20(8-10)9-11-3-2-6-23-11/h1,4-5,10-11H,2-3,6-9H2,(H,19,22). The van der Waals surface area contributed by atoms with Crippen molar-refractivity contribution >= 4 is 17.5 Å². The van der Waals surface area contributed by atoms with Crippen LogP contribution in [0, 0.1) is 17.6 Å². The highest BCUT2D eigenvalue weighted by Gasteiger charge is 2.36. The molecule has 2 aliphatic rings. The lowest BCUT2D eigenvalue weighted by Crippen LogP contribution is -2.34. The Morgan fingerprint density at radius 1 is 1.35 bits per heavy atom. The number of likely N-dealkylation sites (tertiary alicyclic amines) is 1. The van der Waals surface area contributed by atoms with Crippen LogP contribution in [0.1, 0.15) is 19.3 Å². The van der Waals surface area contributed by atoms with E-state index in [1.54, 1.807) is 4.90 Å². The van der Waals surface area contributed by atoms with Gasteiger partial charge in [0.25, 0.3) is 0 Å². The van der Waals surface area contributed by atoms with Gasteiger partial charge in [-0.2, -0.15) is 0 Å². The number of benzene rings is 1. The molecule has 0 radical (unpaired) electrons. The largest absolute Gasteiger partial charge is 0.376 e. The molecule has 5 nitrogen and oxygen atoms in total. The minimum absolute atomic E-state index is 0.0183. The summed E-state index contributed by atoms with van der Waals surface area (Å²) in [5.74, 6) is -2.95. The molecule has 23 heavy (non-hydrogen) atoms. The number of halogens is 2. The number of carbonyl (C=O) groups excluding carboxylic acids is 2. The first-order valence-corrected chi connectivity index (χ1v) is 7.69. The van der Waals surface area contributed by atoms with Crippen molar-refractivity contribution in [2.24, 2.45) is 5.92 Å². The Morgan fingerprint density at radius 2 is 2.09 bits per heavy atom. The number of nitrogens with zero attached hydrogens (tertiary/aromatic N) is 1. The van der Waals surface area contributed by atoms with Gasteiger partial charge in [-0.15, -0.1) is 0 Å². The zero-order chi connectivity index (χ0) is 16.4. The van der Waals surface area contributed by atoms with Gasteiger partial charge in [0.1, 0.15) is 17.3 Å². The molecule has 7 heteroatoms. The van der Waals surface area contributed by atoms with Gasteiger partial charge in [0.05, 0.1) is 12.0 Å². The zero-order valence-corrected chi connectivity index (χ0v) is 12.6. The summed E-state index contributed by atoms with van der Waals surface area (Å²) in [5.41, 5.74) is -0.470. The van der Waals surface area contributed by atoms with Crippen molar-refractivity contribution in [1.29, 1.82) is 0 Å². The van der Waals surface area contributed by atoms with Gasteiger partial charge < -0.3 is 15.0 Å². The van der Waals surface area contributed by atoms with Gasteiger partial charge in [-0.25, -0.2) is 8.78 Å². The molecule has 3 rings (SSSR count). The first-order valence-electron chi connectivity index (χ1n) is 7.69. The molecule has 1 N–H and O–H groups in total. The van der Waals surface area contributed by atoms with Crippen molar-refractivity contribution in [3.05, 3.63) is 29.8 Å². The summed E-state index contributed by atoms with van der Waals surface area (Å²) < 4.78 is 32.6. The van der Waals surface area contributed by atoms with E-state index in [4.69, 9.17) is 4.74 Å². The predicted molar refractivity (Wildman–Crippen MR) is 78.6 cm³/mol. The molecule has 124 valence electrons. The van der Waals surface area contributed by atoms with Crippen molar-refractivity contribution in [2.75, 3.05) is 25.0 Å². The van der Waals surface area contributed by atoms with E-state index < -0.39 is 29.1 Å². The first-order chi connectivity index (χ1) is 11.0. The molecule has 0 bridgehead atoms. The van der Waals surface area contributed by atoms with E-state index in [2.05, 4.69) is 5.32 Å². The van der Waals surface area contributed by atoms with Crippen LogP contribution in [0.2, 0.25) is 0 Å². The second-order valence-corrected chi connectivity index (χ2v) is 5.92. The Kier molecular flexibility index (Phi) is 4.56. The van der Waals surface area contributed by atoms with Gasteiger partial charge in [0, 0.05) is 26.1 Å². The summed E-state index contributed by atoms with van der Waals surface area (Å²) in [7, 11) is 0. The highest BCUT2D eigenvalue weighted by atomic mass is 19.1. The van der Waals surface area contributed by atoms with Crippen molar-refractivity contribution in [3.63, 3.8) is 0 Å². The molecule has 2 aliphatic heterocycles. The maximum absolute atomic E-state index is 13.6. The van der Waals surface area contributed by atoms with Gasteiger partial charge in [-0.1, -0.05) is 6.07 Å². The number of anilines is 1. The topological polar surface area (TPSA) is 58.6 Å². The lowest BCUT2D eigenvalue weighted by atomic mass is 10.1. The smallest absolute Gasteiger partial charge is 0.229 e. The molecule has 2 saturated heterocycles. The molecule has 0 aliphatic carbocycles. The quantitative estimate of drug-likeness (QED) is 0.921. The molecule has 2 atom stereocenters. The van der Waals surface area contributed by atoms with Crippen molar-refractivity contribution in [3.8, 4) is 0 Å². The molecule has 2 unspecified atom stereocenters. The molecular weight excluding hydrogens is 306 g/mol. The highest BCUT2D eigenvalue weighted by molar-refractivity contribution is 5.97. The summed E-state index contributed by atoms with van der Waals surface area (Å²) in [6.07, 6.45) is 1.95. The minimum atomic E-state index is -0.834. The fourth-order valence-electron chi connectivity index (χ4n) is 3.00. The molecule has 2 heterocycles. The normalized spacial score (nSPS) is 24.3. The van der Waals surface area contributed by atoms with Crippen LogP contribution in [0.15, 0.2) is 18.2 Å². The first kappa shape index (κ1) is 15.9. The number of ether oxygens (including phenoxy) is 1. The fraction of sp³-hybridized carbons (Fsp3) is 0.500. The van der Waals surface area contributed by atoms with Crippen LogP contribution >= 0.6 is 0 Å². The van der Waals surface area contributed by atoms with Crippen molar-refractivity contribution in [2.45, 2.75) is 25.4 Å². The average Bonchev–Trinajstić information content (AvgIpc) is 3.14. The van der Waals surface area contributed by atoms with E-state index in [1.807, 2.05) is 0 Å². The van der Waals surface area contributed by atoms with Crippen LogP contribution < -0.4 is 5.32 Å². The molecule has 1 aromatic carbocycles. The van der Waals surface area contributed by atoms with Gasteiger partial charge in [-0.3, -0.25) is 9.59 Å². The lowest BCUT2D eigenvalue weighted by Gasteiger charge is -2.20. The molecule has 0 spiro atoms. The van der Waals surface area contributed by atoms with Gasteiger partial charge in [0.2, 0.25) is 11.8 Å². The van der Waals surface area contributed by atoms with E-state index >= 15 is 0 Å². The number of para-hydroxylation sites is 1. The molecule has 0 saturated carbocycles. The van der Waals surface area contributed by atoms with Gasteiger partial charge in [-0.05, 0) is 25.0 Å². The number of nitrogens with one attached hydrogen (secondary N) is 1. The number of rotatable bonds is 4. The van der Waals surface area contributed by atoms with E-state index in [1.165, 1.54) is 6.07 Å². The summed E-state index contributed by atoms with van der Waals surface area (Å²) >= 11 is 0. The second kappa shape index (κ2) is 6.62. The van der Waals surface area contributed by atoms with Crippen LogP contribution in [-0.4, -0.2) is 42.5 Å². The summed E-state index contributed by atoms with van der Waals surface area (Å²) in [4.78, 5) is 25.8. The van der Waals surface area contributed by atoms with Crippen LogP contribution in [-0.2, 0) is 14.3 Å². The maximum atomic E-state index is 13.6. The molecule has 1 aromatic rings. The third-order valence-electron chi connectivity index (χ3n) is 4.24. The third kappa shape index (κ3) is 3.50. The number of amides is 2. The maximum Gasteiger partial charge on any atom is 0.229 e. The van der Waals surface area contributed by atoms with Crippen molar-refractivity contribution in [1.82, 2.24) is 4.90 Å². The molecule has 2 amide bonds. The molecule has 0 aromatic heterocycles. The van der Waals surface area contributed by atoms with Crippen LogP contribution in [0.25, 0.3) is 0 Å². The lowest BCUT2D eigenvalue weighted by molar-refractivity contribution is -0.129. The molecule has 2 fully saturated rings. The number of hydrogen-bond acceptors (Lipinski definition) is 3. The second-order valence-electron chi connectivity index (χ2n) is 5.92. The van der Waals surface area contributed by atoms with E-state index in [0.717, 1.165) is 25.0 Å². The average molecular weight is 324 g/mol. The summed E-state index contributed by atoms with van der Waals surface area (Å²) in [5, 5.41) is 2.26. The minimum Gasteiger partial charge on any atom is -0.376 e. The monoisotopic (exact) mass is 324 g/mol. The highest BCUT2D eigenvalue weighted by Crippen LogP contribution is 2.24. The Morgan fingerprint density at radius 3 is 2.74 bits per heavy atom. The van der Waals surface area contributed by atoms with E-state index in [0.29, 0.717) is 13.2 Å². The molecular formula is C16H18F2N2O3. The fourth-order valence-corrected chi connectivity index (χ4v) is 3.00. The van der Waals surface area contributed by atoms with Crippen LogP contribution in [0.5, 0.6) is 0 Å². The third-order valence-corrected chi connectivity index (χ3v) is 4.24. The van der Waals surface area contributed by atoms with Gasteiger partial charge >= 0.3 is 0 Å². The van der Waals surface area contributed by atoms with Gasteiger partial charge in [0.15, 0.2) is 0 Å². The van der Waals surface area contributed by atoms with Crippen LogP contribution in [0.3, 0.4) is 0 Å². The predicted octanol–water partition coefficient (Wildman–Crippen LogP) is 1.93. The summed E-state index contributed by atoms with van der Waals surface area (Å²) in [6.45, 7) is 1.42. The number of carbonyl (C=O) groups is 2.